The number of halogens is 1. The van der Waals surface area contributed by atoms with Crippen LogP contribution >= 0.6 is 0 Å². The van der Waals surface area contributed by atoms with Gasteiger partial charge in [-0.2, -0.15) is 0 Å². The van der Waals surface area contributed by atoms with Gasteiger partial charge in [0.15, 0.2) is 0 Å². The lowest BCUT2D eigenvalue weighted by Crippen LogP contribution is -2.38. The number of hydrogen-bond donors (Lipinski definition) is 1. The van der Waals surface area contributed by atoms with Crippen LogP contribution in [-0.2, 0) is 16.0 Å². The van der Waals surface area contributed by atoms with Gasteiger partial charge in [0.25, 0.3) is 5.91 Å². The van der Waals surface area contributed by atoms with Crippen molar-refractivity contribution in [2.45, 2.75) is 31.5 Å². The summed E-state index contributed by atoms with van der Waals surface area (Å²) in [7, 11) is 0. The fraction of sp³-hybridized carbons (Fsp3) is 0.500. The molecule has 4 nitrogen and oxygen atoms in total. The maximum Gasteiger partial charge on any atom is 0.256 e. The molecule has 19 heavy (non-hydrogen) atoms. The van der Waals surface area contributed by atoms with Gasteiger partial charge in [-0.05, 0) is 37.0 Å². The van der Waals surface area contributed by atoms with Gasteiger partial charge < -0.3 is 15.4 Å². The smallest absolute Gasteiger partial charge is 0.256 e. The van der Waals surface area contributed by atoms with Crippen molar-refractivity contribution in [1.82, 2.24) is 0 Å². The first-order valence-corrected chi connectivity index (χ1v) is 6.64. The van der Waals surface area contributed by atoms with Gasteiger partial charge in [-0.25, -0.2) is 4.39 Å². The Labute approximate surface area is 111 Å². The van der Waals surface area contributed by atoms with Crippen LogP contribution in [0.15, 0.2) is 18.2 Å². The molecular formula is C14H17FN2O2. The van der Waals surface area contributed by atoms with Gasteiger partial charge in [-0.15, -0.1) is 0 Å². The third kappa shape index (κ3) is 2.24. The molecule has 2 aliphatic rings. The van der Waals surface area contributed by atoms with Crippen molar-refractivity contribution in [2.75, 3.05) is 18.0 Å². The van der Waals surface area contributed by atoms with Crippen LogP contribution in [0.5, 0.6) is 0 Å². The number of nitrogens with two attached hydrogens (primary N) is 1. The highest BCUT2D eigenvalue weighted by Crippen LogP contribution is 2.31. The molecule has 3 rings (SSSR count). The molecule has 0 radical (unpaired) electrons. The van der Waals surface area contributed by atoms with Gasteiger partial charge in [0, 0.05) is 18.8 Å². The number of amides is 1. The van der Waals surface area contributed by atoms with Crippen molar-refractivity contribution in [3.05, 3.63) is 29.6 Å². The molecule has 2 N–H and O–H groups in total. The lowest BCUT2D eigenvalue weighted by Gasteiger charge is -2.21. The van der Waals surface area contributed by atoms with E-state index in [4.69, 9.17) is 10.5 Å². The fourth-order valence-corrected chi connectivity index (χ4v) is 2.82. The van der Waals surface area contributed by atoms with E-state index in [0.717, 1.165) is 18.4 Å². The monoisotopic (exact) mass is 264 g/mol. The van der Waals surface area contributed by atoms with Crippen molar-refractivity contribution in [3.63, 3.8) is 0 Å². The quantitative estimate of drug-likeness (QED) is 0.874. The molecule has 2 atom stereocenters. The van der Waals surface area contributed by atoms with E-state index in [1.165, 1.54) is 12.1 Å². The highest BCUT2D eigenvalue weighted by molar-refractivity contribution is 5.98. The predicted octanol–water partition coefficient (Wildman–Crippen LogP) is 1.22. The Morgan fingerprint density at radius 1 is 1.47 bits per heavy atom. The van der Waals surface area contributed by atoms with Crippen LogP contribution in [0.2, 0.25) is 0 Å². The molecule has 2 aliphatic heterocycles. The second-order valence-electron chi connectivity index (χ2n) is 5.07. The normalized spacial score (nSPS) is 25.7. The Kier molecular flexibility index (Phi) is 3.24. The Balaban J connectivity index is 1.78. The third-order valence-corrected chi connectivity index (χ3v) is 3.85. The van der Waals surface area contributed by atoms with Gasteiger partial charge in [-0.1, -0.05) is 6.07 Å². The SMILES string of the molecule is NCC1CCC(C(=O)N2CCc3ccc(F)cc32)O1. The van der Waals surface area contributed by atoms with E-state index in [-0.39, 0.29) is 17.8 Å². The molecule has 2 unspecified atom stereocenters. The number of hydrogen-bond acceptors (Lipinski definition) is 3. The summed E-state index contributed by atoms with van der Waals surface area (Å²) in [6.45, 7) is 1.04. The van der Waals surface area contributed by atoms with Crippen LogP contribution < -0.4 is 10.6 Å². The Hall–Kier alpha value is -1.46. The van der Waals surface area contributed by atoms with Crippen LogP contribution in [-0.4, -0.2) is 31.2 Å². The zero-order chi connectivity index (χ0) is 13.4. The summed E-state index contributed by atoms with van der Waals surface area (Å²) >= 11 is 0. The maximum atomic E-state index is 13.3. The first kappa shape index (κ1) is 12.6. The first-order valence-electron chi connectivity index (χ1n) is 6.64. The van der Waals surface area contributed by atoms with Crippen molar-refractivity contribution in [1.29, 1.82) is 0 Å². The topological polar surface area (TPSA) is 55.6 Å². The maximum absolute atomic E-state index is 13.3. The molecule has 1 saturated heterocycles. The van der Waals surface area contributed by atoms with Gasteiger partial charge >= 0.3 is 0 Å². The molecule has 1 fully saturated rings. The lowest BCUT2D eigenvalue weighted by atomic mass is 10.1. The third-order valence-electron chi connectivity index (χ3n) is 3.85. The predicted molar refractivity (Wildman–Crippen MR) is 69.4 cm³/mol. The van der Waals surface area contributed by atoms with E-state index in [1.54, 1.807) is 11.0 Å². The molecular weight excluding hydrogens is 247 g/mol. The standard InChI is InChI=1S/C14H17FN2O2/c15-10-2-1-9-5-6-17(12(9)7-10)14(18)13-4-3-11(8-16)19-13/h1-2,7,11,13H,3-6,8,16H2. The molecule has 0 aliphatic carbocycles. The van der Waals surface area contributed by atoms with Crippen molar-refractivity contribution >= 4 is 11.6 Å². The fourth-order valence-electron chi connectivity index (χ4n) is 2.82. The molecule has 0 aromatic heterocycles. The highest BCUT2D eigenvalue weighted by atomic mass is 19.1. The summed E-state index contributed by atoms with van der Waals surface area (Å²) in [5, 5.41) is 0. The van der Waals surface area contributed by atoms with Crippen LogP contribution in [0.25, 0.3) is 0 Å². The second-order valence-corrected chi connectivity index (χ2v) is 5.07. The number of fused-ring (bicyclic) bond motifs is 1. The largest absolute Gasteiger partial charge is 0.364 e. The van der Waals surface area contributed by atoms with Gasteiger partial charge in [0.05, 0.1) is 6.10 Å². The molecule has 1 aromatic carbocycles. The summed E-state index contributed by atoms with van der Waals surface area (Å²) in [5.41, 5.74) is 7.25. The molecule has 102 valence electrons. The highest BCUT2D eigenvalue weighted by Gasteiger charge is 2.35. The number of carbonyl (C=O) groups is 1. The Morgan fingerprint density at radius 3 is 3.05 bits per heavy atom. The van der Waals surface area contributed by atoms with E-state index in [9.17, 15) is 9.18 Å². The minimum Gasteiger partial charge on any atom is -0.364 e. The lowest BCUT2D eigenvalue weighted by molar-refractivity contribution is -0.129. The second kappa shape index (κ2) is 4.90. The molecule has 0 bridgehead atoms. The van der Waals surface area contributed by atoms with E-state index in [1.807, 2.05) is 0 Å². The van der Waals surface area contributed by atoms with Crippen LogP contribution in [0.1, 0.15) is 18.4 Å². The average molecular weight is 264 g/mol. The van der Waals surface area contributed by atoms with Crippen LogP contribution in [0.4, 0.5) is 10.1 Å². The van der Waals surface area contributed by atoms with Crippen molar-refractivity contribution < 1.29 is 13.9 Å². The molecule has 2 heterocycles. The van der Waals surface area contributed by atoms with Gasteiger partial charge in [-0.3, -0.25) is 4.79 Å². The first-order chi connectivity index (χ1) is 9.19. The van der Waals surface area contributed by atoms with E-state index >= 15 is 0 Å². The molecule has 1 amide bonds. The van der Waals surface area contributed by atoms with Gasteiger partial charge in [0.2, 0.25) is 0 Å². The number of anilines is 1. The minimum atomic E-state index is -0.428. The molecule has 5 heteroatoms. The molecule has 1 aromatic rings. The summed E-state index contributed by atoms with van der Waals surface area (Å²) in [4.78, 5) is 14.1. The number of rotatable bonds is 2. The zero-order valence-corrected chi connectivity index (χ0v) is 10.6. The average Bonchev–Trinajstić information content (AvgIpc) is 3.04. The molecule has 0 spiro atoms. The van der Waals surface area contributed by atoms with Crippen LogP contribution in [0.3, 0.4) is 0 Å². The molecule has 0 saturated carbocycles. The summed E-state index contributed by atoms with van der Waals surface area (Å²) in [6.07, 6.45) is 1.83. The number of nitrogens with zero attached hydrogens (tertiary/aromatic N) is 1. The zero-order valence-electron chi connectivity index (χ0n) is 10.6. The van der Waals surface area contributed by atoms with Gasteiger partial charge in [0.1, 0.15) is 11.9 Å². The number of benzene rings is 1. The van der Waals surface area contributed by atoms with Crippen molar-refractivity contribution in [2.24, 2.45) is 5.73 Å². The Bertz CT molecular complexity index is 506. The van der Waals surface area contributed by atoms with E-state index in [2.05, 4.69) is 0 Å². The number of ether oxygens (including phenoxy) is 1. The van der Waals surface area contributed by atoms with Crippen molar-refractivity contribution in [3.8, 4) is 0 Å². The summed E-state index contributed by atoms with van der Waals surface area (Å²) in [5.74, 6) is -0.383. The van der Waals surface area contributed by atoms with E-state index in [0.29, 0.717) is 25.2 Å². The number of carbonyl (C=O) groups excluding carboxylic acids is 1. The summed E-state index contributed by atoms with van der Waals surface area (Å²) < 4.78 is 18.9. The summed E-state index contributed by atoms with van der Waals surface area (Å²) in [6, 6.07) is 4.61. The minimum absolute atomic E-state index is 0.0245. The Morgan fingerprint density at radius 2 is 2.32 bits per heavy atom. The van der Waals surface area contributed by atoms with Crippen LogP contribution in [0, 0.1) is 5.82 Å². The van der Waals surface area contributed by atoms with E-state index < -0.39 is 6.10 Å².